The topological polar surface area (TPSA) is 93.4 Å². The fraction of sp³-hybridized carbons (Fsp3) is 0.636. The molecule has 2 aliphatic rings. The van der Waals surface area contributed by atoms with Crippen LogP contribution in [-0.4, -0.2) is 62.5 Å². The highest BCUT2D eigenvalue weighted by atomic mass is 16.6. The van der Waals surface area contributed by atoms with Gasteiger partial charge in [0.15, 0.2) is 6.23 Å². The Hall–Kier alpha value is -1.08. The second-order valence-corrected chi connectivity index (χ2v) is 4.52. The second kappa shape index (κ2) is 4.30. The van der Waals surface area contributed by atoms with E-state index in [-0.39, 0.29) is 12.4 Å². The molecule has 2 rings (SSSR count). The number of aliphatic hydroxyl groups is 4. The first kappa shape index (κ1) is 12.4. The van der Waals surface area contributed by atoms with Crippen LogP contribution in [-0.2, 0) is 4.74 Å². The third kappa shape index (κ3) is 2.04. The van der Waals surface area contributed by atoms with Crippen molar-refractivity contribution in [2.75, 3.05) is 13.2 Å². The molecule has 4 N–H and O–H groups in total. The molecule has 4 atom stereocenters. The van der Waals surface area contributed by atoms with E-state index in [1.165, 1.54) is 13.0 Å². The van der Waals surface area contributed by atoms with Gasteiger partial charge >= 0.3 is 0 Å². The van der Waals surface area contributed by atoms with Gasteiger partial charge in [0.2, 0.25) is 0 Å². The van der Waals surface area contributed by atoms with Crippen LogP contribution >= 0.6 is 0 Å². The van der Waals surface area contributed by atoms with Crippen molar-refractivity contribution in [1.29, 1.82) is 0 Å². The molecular formula is C11H17NO5. The fourth-order valence-electron chi connectivity index (χ4n) is 2.13. The molecule has 4 unspecified atom stereocenters. The molecule has 0 saturated carbocycles. The van der Waals surface area contributed by atoms with Crippen LogP contribution in [0.25, 0.3) is 0 Å². The van der Waals surface area contributed by atoms with Crippen LogP contribution in [0.15, 0.2) is 24.1 Å². The van der Waals surface area contributed by atoms with Crippen LogP contribution in [0.1, 0.15) is 6.92 Å². The monoisotopic (exact) mass is 243 g/mol. The van der Waals surface area contributed by atoms with Gasteiger partial charge in [0.05, 0.1) is 6.61 Å². The van der Waals surface area contributed by atoms with Gasteiger partial charge < -0.3 is 30.1 Å². The summed E-state index contributed by atoms with van der Waals surface area (Å²) in [6, 6.07) is 0. The maximum Gasteiger partial charge on any atom is 0.162 e. The van der Waals surface area contributed by atoms with Crippen molar-refractivity contribution in [2.45, 2.75) is 31.0 Å². The Morgan fingerprint density at radius 3 is 2.76 bits per heavy atom. The lowest BCUT2D eigenvalue weighted by atomic mass is 9.96. The van der Waals surface area contributed by atoms with Gasteiger partial charge in [-0.05, 0) is 19.1 Å². The van der Waals surface area contributed by atoms with Gasteiger partial charge in [0, 0.05) is 12.7 Å². The van der Waals surface area contributed by atoms with Crippen LogP contribution < -0.4 is 0 Å². The first-order valence-electron chi connectivity index (χ1n) is 5.46. The summed E-state index contributed by atoms with van der Waals surface area (Å²) in [5.74, 6) is 0.151. The minimum atomic E-state index is -1.47. The summed E-state index contributed by atoms with van der Waals surface area (Å²) in [5.41, 5.74) is -1.47. The Labute approximate surface area is 99.0 Å². The predicted octanol–water partition coefficient (Wildman–Crippen LogP) is -0.913. The Balaban J connectivity index is 2.14. The van der Waals surface area contributed by atoms with E-state index in [4.69, 9.17) is 9.84 Å². The molecule has 0 aliphatic carbocycles. The lowest BCUT2D eigenvalue weighted by Crippen LogP contribution is -2.52. The highest BCUT2D eigenvalue weighted by molar-refractivity contribution is 5.17. The molecule has 1 fully saturated rings. The molecule has 0 amide bonds. The minimum absolute atomic E-state index is 0.151. The van der Waals surface area contributed by atoms with Gasteiger partial charge in [-0.25, -0.2) is 0 Å². The molecule has 0 radical (unpaired) electrons. The lowest BCUT2D eigenvalue weighted by Gasteiger charge is -2.35. The summed E-state index contributed by atoms with van der Waals surface area (Å²) in [6.07, 6.45) is 1.92. The molecule has 6 nitrogen and oxygen atoms in total. The highest BCUT2D eigenvalue weighted by Gasteiger charge is 2.53. The fourth-order valence-corrected chi connectivity index (χ4v) is 2.13. The van der Waals surface area contributed by atoms with E-state index in [2.05, 4.69) is 0 Å². The summed E-state index contributed by atoms with van der Waals surface area (Å²) in [5, 5.41) is 38.3. The molecule has 0 aromatic heterocycles. The van der Waals surface area contributed by atoms with E-state index in [1.54, 1.807) is 17.2 Å². The summed E-state index contributed by atoms with van der Waals surface area (Å²) < 4.78 is 5.43. The minimum Gasteiger partial charge on any atom is -0.508 e. The van der Waals surface area contributed by atoms with Crippen molar-refractivity contribution < 1.29 is 25.2 Å². The van der Waals surface area contributed by atoms with Crippen LogP contribution in [0.5, 0.6) is 0 Å². The van der Waals surface area contributed by atoms with Crippen LogP contribution in [0.4, 0.5) is 0 Å². The molecule has 2 aliphatic heterocycles. The van der Waals surface area contributed by atoms with Crippen molar-refractivity contribution in [1.82, 2.24) is 4.90 Å². The van der Waals surface area contributed by atoms with Gasteiger partial charge in [-0.2, -0.15) is 0 Å². The number of allylic oxidation sites excluding steroid dienone is 1. The largest absolute Gasteiger partial charge is 0.508 e. The van der Waals surface area contributed by atoms with E-state index in [0.29, 0.717) is 6.54 Å². The molecule has 0 aromatic rings. The van der Waals surface area contributed by atoms with Crippen molar-refractivity contribution in [3.8, 4) is 0 Å². The Bertz CT molecular complexity index is 352. The predicted molar refractivity (Wildman–Crippen MR) is 58.9 cm³/mol. The van der Waals surface area contributed by atoms with E-state index in [9.17, 15) is 15.3 Å². The number of ether oxygens (including phenoxy) is 1. The van der Waals surface area contributed by atoms with Crippen molar-refractivity contribution in [2.24, 2.45) is 0 Å². The highest BCUT2D eigenvalue weighted by Crippen LogP contribution is 2.33. The van der Waals surface area contributed by atoms with Gasteiger partial charge in [-0.15, -0.1) is 0 Å². The summed E-state index contributed by atoms with van der Waals surface area (Å²) in [4.78, 5) is 1.65. The number of rotatable bonds is 2. The number of hydrogen-bond donors (Lipinski definition) is 4. The molecule has 1 saturated heterocycles. The van der Waals surface area contributed by atoms with Crippen molar-refractivity contribution in [3.63, 3.8) is 0 Å². The van der Waals surface area contributed by atoms with Gasteiger partial charge in [0.25, 0.3) is 0 Å². The molecule has 17 heavy (non-hydrogen) atoms. The standard InChI is InChI=1S/C11H17NO5/c1-11(16)9(15)8(6-13)17-10(11)12-4-2-7(14)3-5-12/h2-4,8-10,13-16H,5-6H2,1H3. The molecular weight excluding hydrogens is 226 g/mol. The SMILES string of the molecule is CC1(O)C(O)C(CO)OC1N1C=CC(O)=CC1. The number of nitrogens with zero attached hydrogens (tertiary/aromatic N) is 1. The van der Waals surface area contributed by atoms with Crippen molar-refractivity contribution in [3.05, 3.63) is 24.1 Å². The molecule has 6 heteroatoms. The molecule has 2 heterocycles. The third-order valence-corrected chi connectivity index (χ3v) is 3.18. The van der Waals surface area contributed by atoms with Crippen molar-refractivity contribution >= 4 is 0 Å². The zero-order valence-electron chi connectivity index (χ0n) is 9.52. The van der Waals surface area contributed by atoms with E-state index in [1.807, 2.05) is 0 Å². The van der Waals surface area contributed by atoms with Crippen LogP contribution in [0.2, 0.25) is 0 Å². The van der Waals surface area contributed by atoms with E-state index < -0.39 is 24.0 Å². The molecule has 0 spiro atoms. The zero-order chi connectivity index (χ0) is 12.6. The van der Waals surface area contributed by atoms with E-state index >= 15 is 0 Å². The van der Waals surface area contributed by atoms with Gasteiger partial charge in [-0.1, -0.05) is 0 Å². The number of aliphatic hydroxyl groups excluding tert-OH is 3. The zero-order valence-corrected chi connectivity index (χ0v) is 9.52. The maximum atomic E-state index is 10.2. The first-order chi connectivity index (χ1) is 7.96. The first-order valence-corrected chi connectivity index (χ1v) is 5.46. The second-order valence-electron chi connectivity index (χ2n) is 4.52. The summed E-state index contributed by atoms with van der Waals surface area (Å²) in [7, 11) is 0. The Morgan fingerprint density at radius 2 is 2.29 bits per heavy atom. The average molecular weight is 243 g/mol. The lowest BCUT2D eigenvalue weighted by molar-refractivity contribution is -0.117. The van der Waals surface area contributed by atoms with Gasteiger partial charge in [-0.3, -0.25) is 0 Å². The smallest absolute Gasteiger partial charge is 0.162 e. The van der Waals surface area contributed by atoms with Crippen LogP contribution in [0.3, 0.4) is 0 Å². The molecule has 96 valence electrons. The summed E-state index contributed by atoms with van der Waals surface area (Å²) in [6.45, 7) is 1.48. The number of hydrogen-bond acceptors (Lipinski definition) is 6. The van der Waals surface area contributed by atoms with Crippen LogP contribution in [0, 0.1) is 0 Å². The molecule has 0 aromatic carbocycles. The van der Waals surface area contributed by atoms with E-state index in [0.717, 1.165) is 0 Å². The van der Waals surface area contributed by atoms with Gasteiger partial charge in [0.1, 0.15) is 23.6 Å². The third-order valence-electron chi connectivity index (χ3n) is 3.18. The summed E-state index contributed by atoms with van der Waals surface area (Å²) >= 11 is 0. The maximum absolute atomic E-state index is 10.2. The molecule has 0 bridgehead atoms. The average Bonchev–Trinajstić information content (AvgIpc) is 2.53. The normalized spacial score (nSPS) is 41.8. The Morgan fingerprint density at radius 1 is 1.59 bits per heavy atom. The quantitative estimate of drug-likeness (QED) is 0.501. The Kier molecular flexibility index (Phi) is 3.13.